The zero-order valence-electron chi connectivity index (χ0n) is 9.74. The second-order valence-electron chi connectivity index (χ2n) is 4.37. The van der Waals surface area contributed by atoms with E-state index in [1.165, 1.54) is 4.31 Å². The fourth-order valence-corrected chi connectivity index (χ4v) is 5.99. The molecule has 0 aliphatic carbocycles. The Hall–Kier alpha value is 0.670. The molecule has 1 heterocycles. The van der Waals surface area contributed by atoms with Crippen LogP contribution in [-0.4, -0.2) is 31.1 Å². The highest BCUT2D eigenvalue weighted by atomic mass is 79.9. The van der Waals surface area contributed by atoms with Crippen molar-refractivity contribution >= 4 is 65.1 Å². The Morgan fingerprint density at radius 1 is 1.32 bits per heavy atom. The molecule has 3 nitrogen and oxygen atoms in total. The summed E-state index contributed by atoms with van der Waals surface area (Å²) in [5.74, 6) is 0.336. The van der Waals surface area contributed by atoms with Crippen molar-refractivity contribution in [1.82, 2.24) is 4.31 Å². The van der Waals surface area contributed by atoms with Crippen molar-refractivity contribution < 1.29 is 8.42 Å². The first-order chi connectivity index (χ1) is 8.86. The molecule has 1 unspecified atom stereocenters. The molecule has 1 fully saturated rings. The first kappa shape index (κ1) is 16.0. The lowest BCUT2D eigenvalue weighted by Gasteiger charge is -2.18. The number of benzene rings is 1. The number of alkyl halides is 1. The Balaban J connectivity index is 2.41. The first-order valence-electron chi connectivity index (χ1n) is 5.57. The molecule has 0 amide bonds. The molecule has 1 aliphatic heterocycles. The number of rotatable bonds is 3. The van der Waals surface area contributed by atoms with Crippen LogP contribution in [0, 0.1) is 5.92 Å². The minimum absolute atomic E-state index is 0.00532. The molecule has 19 heavy (non-hydrogen) atoms. The summed E-state index contributed by atoms with van der Waals surface area (Å²) in [5, 5.41) is 1.07. The van der Waals surface area contributed by atoms with Crippen molar-refractivity contribution in [3.8, 4) is 0 Å². The van der Waals surface area contributed by atoms with E-state index in [1.807, 2.05) is 0 Å². The van der Waals surface area contributed by atoms with Gasteiger partial charge in [0.1, 0.15) is 4.90 Å². The van der Waals surface area contributed by atoms with Crippen LogP contribution in [0.1, 0.15) is 6.42 Å². The highest BCUT2D eigenvalue weighted by Gasteiger charge is 2.34. The van der Waals surface area contributed by atoms with Crippen LogP contribution < -0.4 is 0 Å². The van der Waals surface area contributed by atoms with E-state index in [4.69, 9.17) is 23.2 Å². The molecule has 1 atom stereocenters. The predicted molar refractivity (Wildman–Crippen MR) is 84.8 cm³/mol. The van der Waals surface area contributed by atoms with Crippen LogP contribution in [0.2, 0.25) is 10.0 Å². The largest absolute Gasteiger partial charge is 0.246 e. The van der Waals surface area contributed by atoms with E-state index in [-0.39, 0.29) is 14.9 Å². The van der Waals surface area contributed by atoms with Gasteiger partial charge in [0.25, 0.3) is 0 Å². The highest BCUT2D eigenvalue weighted by molar-refractivity contribution is 9.10. The van der Waals surface area contributed by atoms with Gasteiger partial charge < -0.3 is 0 Å². The third kappa shape index (κ3) is 3.30. The molecule has 0 N–H and O–H groups in total. The maximum atomic E-state index is 12.6. The van der Waals surface area contributed by atoms with Crippen LogP contribution in [0.4, 0.5) is 0 Å². The van der Waals surface area contributed by atoms with Crippen molar-refractivity contribution in [2.45, 2.75) is 11.3 Å². The van der Waals surface area contributed by atoms with E-state index in [9.17, 15) is 8.42 Å². The van der Waals surface area contributed by atoms with E-state index >= 15 is 0 Å². The lowest BCUT2D eigenvalue weighted by atomic mass is 10.2. The van der Waals surface area contributed by atoms with Gasteiger partial charge in [-0.05, 0) is 24.5 Å². The molecule has 0 aromatic heterocycles. The summed E-state index contributed by atoms with van der Waals surface area (Å²) >= 11 is 18.7. The van der Waals surface area contributed by atoms with Gasteiger partial charge in [0, 0.05) is 22.9 Å². The maximum Gasteiger partial charge on any atom is 0.246 e. The quantitative estimate of drug-likeness (QED) is 0.647. The summed E-state index contributed by atoms with van der Waals surface area (Å²) in [4.78, 5) is -0.00532. The molecule has 1 saturated heterocycles. The van der Waals surface area contributed by atoms with Crippen molar-refractivity contribution in [2.24, 2.45) is 5.92 Å². The van der Waals surface area contributed by atoms with E-state index in [0.717, 1.165) is 11.8 Å². The van der Waals surface area contributed by atoms with Crippen molar-refractivity contribution in [1.29, 1.82) is 0 Å². The van der Waals surface area contributed by atoms with Crippen molar-refractivity contribution in [2.75, 3.05) is 18.4 Å². The standard InChI is InChI=1S/C11H11Br2Cl2NO2S/c12-5-7-1-2-16(6-7)19(17,18)11-9(14)3-8(13)4-10(11)15/h3-4,7H,1-2,5-6H2. The SMILES string of the molecule is O=S(=O)(c1c(Cl)cc(Br)cc1Cl)N1CCC(CBr)C1. The number of hydrogen-bond acceptors (Lipinski definition) is 2. The monoisotopic (exact) mass is 449 g/mol. The zero-order valence-corrected chi connectivity index (χ0v) is 15.2. The highest BCUT2D eigenvalue weighted by Crippen LogP contribution is 2.36. The first-order valence-corrected chi connectivity index (χ1v) is 9.68. The Kier molecular flexibility index (Phi) is 5.23. The smallest absolute Gasteiger partial charge is 0.207 e. The summed E-state index contributed by atoms with van der Waals surface area (Å²) in [7, 11) is -3.63. The number of nitrogens with zero attached hydrogens (tertiary/aromatic N) is 1. The Morgan fingerprint density at radius 3 is 2.37 bits per heavy atom. The Labute approximate surface area is 139 Å². The molecule has 8 heteroatoms. The van der Waals surface area contributed by atoms with Crippen LogP contribution in [-0.2, 0) is 10.0 Å². The zero-order chi connectivity index (χ0) is 14.2. The normalized spacial score (nSPS) is 20.9. The Bertz CT molecular complexity index is 571. The van der Waals surface area contributed by atoms with E-state index in [1.54, 1.807) is 12.1 Å². The molecular weight excluding hydrogens is 441 g/mol. The van der Waals surface area contributed by atoms with Gasteiger partial charge in [-0.15, -0.1) is 0 Å². The summed E-state index contributed by atoms with van der Waals surface area (Å²) in [6.45, 7) is 0.998. The topological polar surface area (TPSA) is 37.4 Å². The number of hydrogen-bond donors (Lipinski definition) is 0. The molecule has 0 bridgehead atoms. The average Bonchev–Trinajstić information content (AvgIpc) is 2.75. The number of sulfonamides is 1. The minimum Gasteiger partial charge on any atom is -0.207 e. The fourth-order valence-electron chi connectivity index (χ4n) is 2.05. The van der Waals surface area contributed by atoms with Crippen LogP contribution in [0.3, 0.4) is 0 Å². The van der Waals surface area contributed by atoms with Crippen LogP contribution in [0.25, 0.3) is 0 Å². The second-order valence-corrected chi connectivity index (χ2v) is 8.62. The summed E-state index contributed by atoms with van der Waals surface area (Å²) in [6.07, 6.45) is 0.843. The lowest BCUT2D eigenvalue weighted by Crippen LogP contribution is -2.29. The second kappa shape index (κ2) is 6.20. The van der Waals surface area contributed by atoms with Crippen molar-refractivity contribution in [3.63, 3.8) is 0 Å². The van der Waals surface area contributed by atoms with Crippen molar-refractivity contribution in [3.05, 3.63) is 26.7 Å². The van der Waals surface area contributed by atoms with Crippen LogP contribution >= 0.6 is 55.1 Å². The van der Waals surface area contributed by atoms with E-state index < -0.39 is 10.0 Å². The van der Waals surface area contributed by atoms with E-state index in [2.05, 4.69) is 31.9 Å². The van der Waals surface area contributed by atoms with Crippen LogP contribution in [0.5, 0.6) is 0 Å². The van der Waals surface area contributed by atoms with Gasteiger partial charge >= 0.3 is 0 Å². The van der Waals surface area contributed by atoms with Gasteiger partial charge in [0.05, 0.1) is 10.0 Å². The molecule has 106 valence electrons. The Morgan fingerprint density at radius 2 is 1.89 bits per heavy atom. The molecule has 1 aromatic rings. The molecule has 0 radical (unpaired) electrons. The van der Waals surface area contributed by atoms with Crippen LogP contribution in [0.15, 0.2) is 21.5 Å². The molecule has 1 aromatic carbocycles. The third-order valence-corrected chi connectivity index (χ3v) is 7.19. The predicted octanol–water partition coefficient (Wildman–Crippen LogP) is 4.16. The molecule has 0 saturated carbocycles. The molecule has 0 spiro atoms. The van der Waals surface area contributed by atoms with E-state index in [0.29, 0.717) is 23.5 Å². The molecule has 1 aliphatic rings. The van der Waals surface area contributed by atoms with Gasteiger partial charge in [0.15, 0.2) is 0 Å². The summed E-state index contributed by atoms with van der Waals surface area (Å²) in [5.41, 5.74) is 0. The fraction of sp³-hybridized carbons (Fsp3) is 0.455. The van der Waals surface area contributed by atoms with Gasteiger partial charge in [-0.2, -0.15) is 4.31 Å². The summed E-state index contributed by atoms with van der Waals surface area (Å²) in [6, 6.07) is 3.08. The number of halogens is 4. The van der Waals surface area contributed by atoms with Gasteiger partial charge in [-0.25, -0.2) is 8.42 Å². The van der Waals surface area contributed by atoms with Gasteiger partial charge in [-0.3, -0.25) is 0 Å². The molecule has 2 rings (SSSR count). The maximum absolute atomic E-state index is 12.6. The minimum atomic E-state index is -3.63. The third-order valence-electron chi connectivity index (χ3n) is 3.03. The average molecular weight is 452 g/mol. The van der Waals surface area contributed by atoms with Gasteiger partial charge in [0.2, 0.25) is 10.0 Å². The lowest BCUT2D eigenvalue weighted by molar-refractivity contribution is 0.466. The summed E-state index contributed by atoms with van der Waals surface area (Å²) < 4.78 is 27.2. The molecular formula is C11H11Br2Cl2NO2S. The van der Waals surface area contributed by atoms with Gasteiger partial charge in [-0.1, -0.05) is 55.1 Å².